The molecule has 2 aromatic carbocycles. The van der Waals surface area contributed by atoms with Gasteiger partial charge >= 0.3 is 0 Å². The Morgan fingerprint density at radius 1 is 1.10 bits per heavy atom. The van der Waals surface area contributed by atoms with E-state index >= 15 is 0 Å². The first-order chi connectivity index (χ1) is 10.4. The van der Waals surface area contributed by atoms with Gasteiger partial charge in [-0.3, -0.25) is 0 Å². The van der Waals surface area contributed by atoms with Gasteiger partial charge in [0.2, 0.25) is 0 Å². The van der Waals surface area contributed by atoms with Gasteiger partial charge in [-0.1, -0.05) is 54.6 Å². The predicted octanol–water partition coefficient (Wildman–Crippen LogP) is 2.45. The molecule has 110 valence electrons. The van der Waals surface area contributed by atoms with E-state index in [1.54, 1.807) is 0 Å². The quantitative estimate of drug-likeness (QED) is 0.885. The third kappa shape index (κ3) is 3.50. The minimum absolute atomic E-state index is 0.0344. The molecule has 0 aromatic heterocycles. The molecule has 0 bridgehead atoms. The summed E-state index contributed by atoms with van der Waals surface area (Å²) in [6.45, 7) is 1.45. The number of rotatable bonds is 5. The van der Waals surface area contributed by atoms with Gasteiger partial charge in [0.05, 0.1) is 25.9 Å². The molecule has 3 nitrogen and oxygen atoms in total. The van der Waals surface area contributed by atoms with E-state index in [9.17, 15) is 5.11 Å². The van der Waals surface area contributed by atoms with E-state index in [1.165, 1.54) is 16.7 Å². The van der Waals surface area contributed by atoms with Gasteiger partial charge in [0.15, 0.2) is 0 Å². The van der Waals surface area contributed by atoms with Gasteiger partial charge in [-0.25, -0.2) is 0 Å². The zero-order valence-corrected chi connectivity index (χ0v) is 12.0. The summed E-state index contributed by atoms with van der Waals surface area (Å²) in [5.74, 6) is 0. The van der Waals surface area contributed by atoms with Gasteiger partial charge in [0.25, 0.3) is 0 Å². The van der Waals surface area contributed by atoms with Crippen LogP contribution >= 0.6 is 0 Å². The first-order valence-electron chi connectivity index (χ1n) is 7.43. The van der Waals surface area contributed by atoms with E-state index in [1.807, 2.05) is 24.3 Å². The van der Waals surface area contributed by atoms with Crippen molar-refractivity contribution in [1.29, 1.82) is 0 Å². The van der Waals surface area contributed by atoms with E-state index in [0.717, 1.165) is 6.42 Å². The van der Waals surface area contributed by atoms with Crippen molar-refractivity contribution in [2.45, 2.75) is 25.1 Å². The van der Waals surface area contributed by atoms with Crippen molar-refractivity contribution in [3.05, 3.63) is 71.3 Å². The van der Waals surface area contributed by atoms with Crippen LogP contribution in [0.3, 0.4) is 0 Å². The summed E-state index contributed by atoms with van der Waals surface area (Å²) < 4.78 is 5.66. The lowest BCUT2D eigenvalue weighted by atomic mass is 9.97. The molecule has 2 N–H and O–H groups in total. The average Bonchev–Trinajstić information content (AvgIpc) is 2.55. The maximum Gasteiger partial charge on any atom is 0.0721 e. The maximum atomic E-state index is 9.66. The molecule has 1 aliphatic heterocycles. The third-order valence-corrected chi connectivity index (χ3v) is 3.95. The van der Waals surface area contributed by atoms with Crippen molar-refractivity contribution in [3.63, 3.8) is 0 Å². The third-order valence-electron chi connectivity index (χ3n) is 3.95. The van der Waals surface area contributed by atoms with Crippen molar-refractivity contribution in [1.82, 2.24) is 5.32 Å². The fourth-order valence-corrected chi connectivity index (χ4v) is 2.88. The van der Waals surface area contributed by atoms with Gasteiger partial charge in [-0.2, -0.15) is 0 Å². The summed E-state index contributed by atoms with van der Waals surface area (Å²) in [6.07, 6.45) is 0.815. The molecule has 3 rings (SSSR count). The van der Waals surface area contributed by atoms with E-state index in [-0.39, 0.29) is 18.7 Å². The molecule has 0 amide bonds. The van der Waals surface area contributed by atoms with E-state index in [0.29, 0.717) is 13.2 Å². The van der Waals surface area contributed by atoms with Crippen LogP contribution in [-0.4, -0.2) is 24.4 Å². The first-order valence-corrected chi connectivity index (χ1v) is 7.43. The van der Waals surface area contributed by atoms with Gasteiger partial charge in [0, 0.05) is 6.04 Å². The zero-order valence-electron chi connectivity index (χ0n) is 12.0. The van der Waals surface area contributed by atoms with Crippen LogP contribution in [0.15, 0.2) is 54.6 Å². The van der Waals surface area contributed by atoms with Crippen LogP contribution in [0.25, 0.3) is 0 Å². The summed E-state index contributed by atoms with van der Waals surface area (Å²) in [5, 5.41) is 13.2. The lowest BCUT2D eigenvalue weighted by molar-refractivity contribution is 0.0744. The molecule has 0 saturated heterocycles. The van der Waals surface area contributed by atoms with Crippen LogP contribution in [0.2, 0.25) is 0 Å². The lowest BCUT2D eigenvalue weighted by Gasteiger charge is -2.30. The highest BCUT2D eigenvalue weighted by Crippen LogP contribution is 2.25. The summed E-state index contributed by atoms with van der Waals surface area (Å²) in [4.78, 5) is 0. The zero-order chi connectivity index (χ0) is 14.5. The molecule has 2 atom stereocenters. The highest BCUT2D eigenvalue weighted by Gasteiger charge is 2.22. The van der Waals surface area contributed by atoms with Gasteiger partial charge < -0.3 is 15.2 Å². The Labute approximate surface area is 125 Å². The highest BCUT2D eigenvalue weighted by molar-refractivity contribution is 5.31. The van der Waals surface area contributed by atoms with Crippen LogP contribution in [0.5, 0.6) is 0 Å². The minimum atomic E-state index is 0.0344. The fourth-order valence-electron chi connectivity index (χ4n) is 2.88. The second kappa shape index (κ2) is 6.85. The first kappa shape index (κ1) is 14.3. The molecule has 0 radical (unpaired) electrons. The van der Waals surface area contributed by atoms with Crippen LogP contribution in [-0.2, 0) is 17.8 Å². The maximum absolute atomic E-state index is 9.66. The SMILES string of the molecule is OC[C@@H](Cc1ccccc1)NC1COCc2ccccc21. The van der Waals surface area contributed by atoms with Crippen LogP contribution in [0.1, 0.15) is 22.7 Å². The van der Waals surface area contributed by atoms with Crippen molar-refractivity contribution in [2.24, 2.45) is 0 Å². The molecule has 1 unspecified atom stereocenters. The van der Waals surface area contributed by atoms with E-state index in [4.69, 9.17) is 4.74 Å². The Balaban J connectivity index is 1.70. The van der Waals surface area contributed by atoms with Crippen LogP contribution < -0.4 is 5.32 Å². The second-order valence-electron chi connectivity index (χ2n) is 5.50. The largest absolute Gasteiger partial charge is 0.395 e. The number of fused-ring (bicyclic) bond motifs is 1. The van der Waals surface area contributed by atoms with Gasteiger partial charge in [0.1, 0.15) is 0 Å². The molecule has 1 aliphatic rings. The van der Waals surface area contributed by atoms with Crippen molar-refractivity contribution >= 4 is 0 Å². The topological polar surface area (TPSA) is 41.5 Å². The molecule has 0 spiro atoms. The second-order valence-corrected chi connectivity index (χ2v) is 5.50. The number of hydrogen-bond donors (Lipinski definition) is 2. The number of nitrogens with one attached hydrogen (secondary N) is 1. The Morgan fingerprint density at radius 2 is 1.86 bits per heavy atom. The smallest absolute Gasteiger partial charge is 0.0721 e. The summed E-state index contributed by atoms with van der Waals surface area (Å²) in [7, 11) is 0. The monoisotopic (exact) mass is 283 g/mol. The number of aliphatic hydroxyl groups is 1. The van der Waals surface area contributed by atoms with Crippen molar-refractivity contribution < 1.29 is 9.84 Å². The van der Waals surface area contributed by atoms with Gasteiger partial charge in [-0.05, 0) is 23.1 Å². The standard InChI is InChI=1S/C18H21NO2/c20-11-16(10-14-6-2-1-3-7-14)19-18-13-21-12-15-8-4-5-9-17(15)18/h1-9,16,18-20H,10-13H2/t16-,18?/m1/s1. The molecule has 21 heavy (non-hydrogen) atoms. The normalized spacial score (nSPS) is 19.0. The highest BCUT2D eigenvalue weighted by atomic mass is 16.5. The average molecular weight is 283 g/mol. The molecule has 0 saturated carbocycles. The molecular formula is C18H21NO2. The lowest BCUT2D eigenvalue weighted by Crippen LogP contribution is -2.40. The Hall–Kier alpha value is -1.68. The van der Waals surface area contributed by atoms with E-state index < -0.39 is 0 Å². The number of hydrogen-bond acceptors (Lipinski definition) is 3. The number of benzene rings is 2. The van der Waals surface area contributed by atoms with Gasteiger partial charge in [-0.15, -0.1) is 0 Å². The number of aliphatic hydroxyl groups excluding tert-OH is 1. The van der Waals surface area contributed by atoms with Crippen LogP contribution in [0, 0.1) is 0 Å². The minimum Gasteiger partial charge on any atom is -0.395 e. The van der Waals surface area contributed by atoms with Crippen molar-refractivity contribution in [2.75, 3.05) is 13.2 Å². The molecule has 2 aromatic rings. The summed E-state index contributed by atoms with van der Waals surface area (Å²) >= 11 is 0. The Bertz CT molecular complexity index is 570. The summed E-state index contributed by atoms with van der Waals surface area (Å²) in [6, 6.07) is 18.8. The Kier molecular flexibility index (Phi) is 4.65. The molecule has 1 heterocycles. The Morgan fingerprint density at radius 3 is 2.67 bits per heavy atom. The van der Waals surface area contributed by atoms with Crippen LogP contribution in [0.4, 0.5) is 0 Å². The molecule has 3 heteroatoms. The van der Waals surface area contributed by atoms with Crippen molar-refractivity contribution in [3.8, 4) is 0 Å². The molecular weight excluding hydrogens is 262 g/mol. The fraction of sp³-hybridized carbons (Fsp3) is 0.333. The number of ether oxygens (including phenoxy) is 1. The molecule has 0 fully saturated rings. The predicted molar refractivity (Wildman–Crippen MR) is 83.0 cm³/mol. The molecule has 0 aliphatic carbocycles. The summed E-state index contributed by atoms with van der Waals surface area (Å²) in [5.41, 5.74) is 3.75. The van der Waals surface area contributed by atoms with E-state index in [2.05, 4.69) is 35.6 Å².